The fourth-order valence-electron chi connectivity index (χ4n) is 1.06. The van der Waals surface area contributed by atoms with Gasteiger partial charge in [0.05, 0.1) is 10.9 Å². The molecule has 0 aromatic carbocycles. The third-order valence-corrected chi connectivity index (χ3v) is 2.34. The summed E-state index contributed by atoms with van der Waals surface area (Å²) >= 11 is 4.71. The molecule has 17 heavy (non-hydrogen) atoms. The molecule has 0 radical (unpaired) electrons. The maximum Gasteiger partial charge on any atom is 0.229 e. The summed E-state index contributed by atoms with van der Waals surface area (Å²) in [5.41, 5.74) is 5.09. The quantitative estimate of drug-likeness (QED) is 0.621. The highest BCUT2D eigenvalue weighted by molar-refractivity contribution is 7.80. The van der Waals surface area contributed by atoms with Crippen molar-refractivity contribution in [3.8, 4) is 0 Å². The molecule has 98 valence electrons. The predicted octanol–water partition coefficient (Wildman–Crippen LogP) is 0.330. The minimum absolute atomic E-state index is 0.0965. The number of carbonyl (C=O) groups is 2. The monoisotopic (exact) mass is 259 g/mol. The van der Waals surface area contributed by atoms with Crippen LogP contribution in [-0.2, 0) is 9.59 Å². The Morgan fingerprint density at radius 3 is 2.29 bits per heavy atom. The Hall–Kier alpha value is -1.17. The van der Waals surface area contributed by atoms with Gasteiger partial charge in [0, 0.05) is 18.5 Å². The number of hydrogen-bond acceptors (Lipinski definition) is 3. The van der Waals surface area contributed by atoms with Gasteiger partial charge >= 0.3 is 0 Å². The van der Waals surface area contributed by atoms with Crippen LogP contribution in [0.5, 0.6) is 0 Å². The van der Waals surface area contributed by atoms with Crippen molar-refractivity contribution in [2.45, 2.75) is 39.7 Å². The molecule has 5 nitrogen and oxygen atoms in total. The van der Waals surface area contributed by atoms with Gasteiger partial charge in [-0.15, -0.1) is 0 Å². The number of carbonyl (C=O) groups excluding carboxylic acids is 2. The number of thiocarbonyl (C=S) groups is 1. The van der Waals surface area contributed by atoms with E-state index >= 15 is 0 Å². The molecule has 4 N–H and O–H groups in total. The topological polar surface area (TPSA) is 84.2 Å². The van der Waals surface area contributed by atoms with E-state index in [0.717, 1.165) is 0 Å². The number of rotatable bonds is 5. The molecule has 0 aromatic heterocycles. The van der Waals surface area contributed by atoms with Crippen LogP contribution in [0.3, 0.4) is 0 Å². The van der Waals surface area contributed by atoms with E-state index in [1.54, 1.807) is 6.92 Å². The molecule has 6 heteroatoms. The Balaban J connectivity index is 3.89. The molecule has 0 aliphatic carbocycles. The lowest BCUT2D eigenvalue weighted by atomic mass is 10.1. The summed E-state index contributed by atoms with van der Waals surface area (Å²) in [6, 6.07) is 0. The molecule has 2 amide bonds. The first kappa shape index (κ1) is 15.8. The Kier molecular flexibility index (Phi) is 6.09. The molecule has 0 aliphatic rings. The first-order chi connectivity index (χ1) is 7.63. The Morgan fingerprint density at radius 1 is 1.35 bits per heavy atom. The van der Waals surface area contributed by atoms with Crippen LogP contribution < -0.4 is 16.4 Å². The van der Waals surface area contributed by atoms with Crippen molar-refractivity contribution in [2.24, 2.45) is 11.7 Å². The molecule has 0 spiro atoms. The van der Waals surface area contributed by atoms with E-state index in [1.807, 2.05) is 20.8 Å². The minimum atomic E-state index is -0.504. The number of hydrogen-bond donors (Lipinski definition) is 3. The average Bonchev–Trinajstić information content (AvgIpc) is 2.13. The summed E-state index contributed by atoms with van der Waals surface area (Å²) < 4.78 is 0. The van der Waals surface area contributed by atoms with E-state index in [1.165, 1.54) is 0 Å². The van der Waals surface area contributed by atoms with Crippen LogP contribution in [0.4, 0.5) is 0 Å². The van der Waals surface area contributed by atoms with E-state index in [4.69, 9.17) is 18.0 Å². The summed E-state index contributed by atoms with van der Waals surface area (Å²) in [6.45, 7) is 7.62. The summed E-state index contributed by atoms with van der Waals surface area (Å²) in [5, 5.41) is 5.42. The Labute approximate surface area is 108 Å². The van der Waals surface area contributed by atoms with E-state index in [2.05, 4.69) is 10.6 Å². The zero-order valence-electron chi connectivity index (χ0n) is 10.8. The number of nitrogens with two attached hydrogens (primary N) is 1. The Bertz CT molecular complexity index is 310. The van der Waals surface area contributed by atoms with Gasteiger partial charge in [-0.1, -0.05) is 12.2 Å². The molecule has 0 heterocycles. The molecule has 0 aliphatic heterocycles. The lowest BCUT2D eigenvalue weighted by molar-refractivity contribution is -0.123. The Morgan fingerprint density at radius 2 is 1.88 bits per heavy atom. The van der Waals surface area contributed by atoms with Gasteiger partial charge in [-0.25, -0.2) is 0 Å². The van der Waals surface area contributed by atoms with Gasteiger partial charge in [-0.05, 0) is 27.7 Å². The zero-order valence-corrected chi connectivity index (χ0v) is 11.6. The molecule has 0 saturated heterocycles. The van der Waals surface area contributed by atoms with Crippen molar-refractivity contribution in [2.75, 3.05) is 6.54 Å². The molecule has 0 aromatic rings. The van der Waals surface area contributed by atoms with E-state index in [0.29, 0.717) is 0 Å². The van der Waals surface area contributed by atoms with Crippen LogP contribution in [-0.4, -0.2) is 28.9 Å². The highest BCUT2D eigenvalue weighted by atomic mass is 32.1. The third-order valence-electron chi connectivity index (χ3n) is 1.99. The van der Waals surface area contributed by atoms with Crippen molar-refractivity contribution < 1.29 is 9.59 Å². The summed E-state index contributed by atoms with van der Waals surface area (Å²) in [7, 11) is 0. The van der Waals surface area contributed by atoms with Crippen LogP contribution in [0.2, 0.25) is 0 Å². The molecule has 0 bridgehead atoms. The number of amides is 2. The molecule has 0 saturated carbocycles. The largest absolute Gasteiger partial charge is 0.393 e. The zero-order chi connectivity index (χ0) is 13.6. The van der Waals surface area contributed by atoms with Crippen molar-refractivity contribution in [3.63, 3.8) is 0 Å². The second-order valence-corrected chi connectivity index (χ2v) is 5.43. The fraction of sp³-hybridized carbons (Fsp3) is 0.727. The molecular formula is C11H21N3O2S. The summed E-state index contributed by atoms with van der Waals surface area (Å²) in [4.78, 5) is 23.0. The lowest BCUT2D eigenvalue weighted by Crippen LogP contribution is -2.43. The second-order valence-electron chi connectivity index (χ2n) is 4.96. The average molecular weight is 259 g/mol. The van der Waals surface area contributed by atoms with Gasteiger partial charge in [-0.3, -0.25) is 9.59 Å². The summed E-state index contributed by atoms with van der Waals surface area (Å²) in [5.74, 6) is -0.850. The molecule has 1 atom stereocenters. The van der Waals surface area contributed by atoms with Gasteiger partial charge in [0.15, 0.2) is 0 Å². The van der Waals surface area contributed by atoms with E-state index in [9.17, 15) is 9.59 Å². The second kappa shape index (κ2) is 6.54. The summed E-state index contributed by atoms with van der Waals surface area (Å²) in [6.07, 6.45) is 0.243. The molecule has 0 rings (SSSR count). The maximum atomic E-state index is 11.4. The maximum absolute atomic E-state index is 11.4. The van der Waals surface area contributed by atoms with Gasteiger partial charge < -0.3 is 16.4 Å². The molecule has 1 unspecified atom stereocenters. The SMILES string of the molecule is CC(C(=O)NCCC(=O)NC(C)(C)C)C(N)=S. The van der Waals surface area contributed by atoms with Gasteiger partial charge in [0.1, 0.15) is 0 Å². The predicted molar refractivity (Wildman–Crippen MR) is 71.5 cm³/mol. The highest BCUT2D eigenvalue weighted by Gasteiger charge is 2.16. The fourth-order valence-corrected chi connectivity index (χ4v) is 1.17. The van der Waals surface area contributed by atoms with Crippen LogP contribution in [0.25, 0.3) is 0 Å². The van der Waals surface area contributed by atoms with E-state index < -0.39 is 5.92 Å². The first-order valence-electron chi connectivity index (χ1n) is 5.51. The lowest BCUT2D eigenvalue weighted by Gasteiger charge is -2.20. The van der Waals surface area contributed by atoms with Crippen molar-refractivity contribution >= 4 is 29.0 Å². The van der Waals surface area contributed by atoms with Crippen molar-refractivity contribution in [1.82, 2.24) is 10.6 Å². The third kappa shape index (κ3) is 7.68. The highest BCUT2D eigenvalue weighted by Crippen LogP contribution is 1.99. The normalized spacial score (nSPS) is 12.7. The van der Waals surface area contributed by atoms with Gasteiger partial charge in [-0.2, -0.15) is 0 Å². The minimum Gasteiger partial charge on any atom is -0.393 e. The standard InChI is InChI=1S/C11H21N3O2S/c1-7(9(12)17)10(16)13-6-5-8(15)14-11(2,3)4/h7H,5-6H2,1-4H3,(H2,12,17)(H,13,16)(H,14,15). The van der Waals surface area contributed by atoms with Crippen LogP contribution in [0.15, 0.2) is 0 Å². The van der Waals surface area contributed by atoms with E-state index in [-0.39, 0.29) is 35.3 Å². The van der Waals surface area contributed by atoms with Crippen molar-refractivity contribution in [1.29, 1.82) is 0 Å². The first-order valence-corrected chi connectivity index (χ1v) is 5.92. The molecule has 0 fully saturated rings. The molecular weight excluding hydrogens is 238 g/mol. The van der Waals surface area contributed by atoms with Crippen LogP contribution in [0, 0.1) is 5.92 Å². The van der Waals surface area contributed by atoms with Gasteiger partial charge in [0.25, 0.3) is 0 Å². The van der Waals surface area contributed by atoms with Crippen LogP contribution >= 0.6 is 12.2 Å². The smallest absolute Gasteiger partial charge is 0.229 e. The number of nitrogens with one attached hydrogen (secondary N) is 2. The van der Waals surface area contributed by atoms with Crippen molar-refractivity contribution in [3.05, 3.63) is 0 Å². The van der Waals surface area contributed by atoms with Crippen LogP contribution in [0.1, 0.15) is 34.1 Å². The van der Waals surface area contributed by atoms with Gasteiger partial charge in [0.2, 0.25) is 11.8 Å².